The quantitative estimate of drug-likeness (QED) is 0.421. The van der Waals surface area contributed by atoms with E-state index in [0.29, 0.717) is 27.5 Å². The number of anilines is 2. The molecule has 0 aliphatic heterocycles. The lowest BCUT2D eigenvalue weighted by Crippen LogP contribution is -2.15. The molecule has 2 N–H and O–H groups in total. The van der Waals surface area contributed by atoms with Crippen molar-refractivity contribution >= 4 is 39.8 Å². The van der Waals surface area contributed by atoms with Crippen LogP contribution >= 0.6 is 11.3 Å². The van der Waals surface area contributed by atoms with Gasteiger partial charge in [-0.3, -0.25) is 9.59 Å². The first-order chi connectivity index (χ1) is 15.8. The van der Waals surface area contributed by atoms with Crippen molar-refractivity contribution in [3.63, 3.8) is 0 Å². The number of hydrogen-bond acceptors (Lipinski definition) is 5. The topological polar surface area (TPSA) is 84.5 Å². The number of amides is 2. The Morgan fingerprint density at radius 1 is 0.970 bits per heavy atom. The summed E-state index contributed by atoms with van der Waals surface area (Å²) in [6, 6.07) is 15.5. The minimum Gasteiger partial charge on any atom is -0.462 e. The minimum atomic E-state index is -0.560. The highest BCUT2D eigenvalue weighted by Crippen LogP contribution is 2.34. The third-order valence-electron chi connectivity index (χ3n) is 5.20. The number of benzene rings is 2. The Morgan fingerprint density at radius 2 is 1.70 bits per heavy atom. The molecule has 2 aromatic carbocycles. The Kier molecular flexibility index (Phi) is 8.01. The zero-order valence-corrected chi connectivity index (χ0v) is 20.1. The largest absolute Gasteiger partial charge is 0.462 e. The van der Waals surface area contributed by atoms with Gasteiger partial charge in [0.1, 0.15) is 5.00 Å². The van der Waals surface area contributed by atoms with Crippen molar-refractivity contribution < 1.29 is 19.1 Å². The molecule has 0 fully saturated rings. The molecule has 0 aliphatic rings. The SMILES string of the molecule is CCOC(=O)c1c(NC(=O)CCc2ccccc2)sc(C(=O)Nc2ccc(C)cc2C)c1C. The maximum absolute atomic E-state index is 13.0. The molecule has 3 rings (SSSR count). The fraction of sp³-hybridized carbons (Fsp3) is 0.269. The Morgan fingerprint density at radius 3 is 2.36 bits per heavy atom. The summed E-state index contributed by atoms with van der Waals surface area (Å²) in [6.45, 7) is 7.51. The van der Waals surface area contributed by atoms with Gasteiger partial charge >= 0.3 is 5.97 Å². The van der Waals surface area contributed by atoms with Gasteiger partial charge in [-0.15, -0.1) is 11.3 Å². The van der Waals surface area contributed by atoms with E-state index in [0.717, 1.165) is 28.0 Å². The molecule has 0 aliphatic carbocycles. The highest BCUT2D eigenvalue weighted by Gasteiger charge is 2.27. The maximum atomic E-state index is 13.0. The van der Waals surface area contributed by atoms with Crippen LogP contribution in [0.5, 0.6) is 0 Å². The summed E-state index contributed by atoms with van der Waals surface area (Å²) < 4.78 is 5.19. The summed E-state index contributed by atoms with van der Waals surface area (Å²) in [5.74, 6) is -1.12. The van der Waals surface area contributed by atoms with Gasteiger partial charge in [0, 0.05) is 12.1 Å². The number of thiophene rings is 1. The molecular formula is C26H28N2O4S. The van der Waals surface area contributed by atoms with E-state index in [1.54, 1.807) is 13.8 Å². The summed E-state index contributed by atoms with van der Waals surface area (Å²) in [6.07, 6.45) is 0.832. The smallest absolute Gasteiger partial charge is 0.341 e. The zero-order chi connectivity index (χ0) is 24.0. The molecule has 0 unspecified atom stereocenters. The van der Waals surface area contributed by atoms with Crippen LogP contribution in [0, 0.1) is 20.8 Å². The first-order valence-electron chi connectivity index (χ1n) is 10.8. The molecule has 6 nitrogen and oxygen atoms in total. The average Bonchev–Trinajstić information content (AvgIpc) is 3.11. The molecule has 0 spiro atoms. The normalized spacial score (nSPS) is 10.5. The van der Waals surface area contributed by atoms with Crippen molar-refractivity contribution in [2.24, 2.45) is 0 Å². The lowest BCUT2D eigenvalue weighted by atomic mass is 10.1. The first kappa shape index (κ1) is 24.2. The van der Waals surface area contributed by atoms with Crippen LogP contribution in [-0.2, 0) is 16.0 Å². The van der Waals surface area contributed by atoms with Crippen LogP contribution in [0.25, 0.3) is 0 Å². The third kappa shape index (κ3) is 6.08. The van der Waals surface area contributed by atoms with Gasteiger partial charge in [-0.1, -0.05) is 48.0 Å². The molecule has 1 aromatic heterocycles. The monoisotopic (exact) mass is 464 g/mol. The Bertz CT molecular complexity index is 1170. The summed E-state index contributed by atoms with van der Waals surface area (Å²) in [4.78, 5) is 38.7. The summed E-state index contributed by atoms with van der Waals surface area (Å²) in [5, 5.41) is 6.06. The number of aryl methyl sites for hydroxylation is 3. The number of nitrogens with one attached hydrogen (secondary N) is 2. The van der Waals surface area contributed by atoms with Crippen LogP contribution in [0.15, 0.2) is 48.5 Å². The van der Waals surface area contributed by atoms with E-state index < -0.39 is 5.97 Å². The second-order valence-corrected chi connectivity index (χ2v) is 8.81. The van der Waals surface area contributed by atoms with Crippen LogP contribution in [0.3, 0.4) is 0 Å². The number of esters is 1. The van der Waals surface area contributed by atoms with E-state index in [1.807, 2.05) is 62.4 Å². The molecular weight excluding hydrogens is 436 g/mol. The molecule has 7 heteroatoms. The highest BCUT2D eigenvalue weighted by atomic mass is 32.1. The van der Waals surface area contributed by atoms with Crippen molar-refractivity contribution in [3.05, 3.63) is 81.2 Å². The lowest BCUT2D eigenvalue weighted by Gasteiger charge is -2.09. The third-order valence-corrected chi connectivity index (χ3v) is 6.41. The molecule has 172 valence electrons. The molecule has 0 saturated carbocycles. The number of carbonyl (C=O) groups excluding carboxylic acids is 3. The first-order valence-corrected chi connectivity index (χ1v) is 11.6. The molecule has 0 radical (unpaired) electrons. The van der Waals surface area contributed by atoms with Gasteiger partial charge in [-0.25, -0.2) is 4.79 Å². The predicted octanol–water partition coefficient (Wildman–Crippen LogP) is 5.67. The van der Waals surface area contributed by atoms with E-state index >= 15 is 0 Å². The van der Waals surface area contributed by atoms with Crippen molar-refractivity contribution in [2.75, 3.05) is 17.2 Å². The van der Waals surface area contributed by atoms with Crippen LogP contribution in [0.1, 0.15) is 55.6 Å². The zero-order valence-electron chi connectivity index (χ0n) is 19.3. The van der Waals surface area contributed by atoms with Gasteiger partial charge in [0.2, 0.25) is 5.91 Å². The molecule has 0 saturated heterocycles. The van der Waals surface area contributed by atoms with Gasteiger partial charge in [-0.2, -0.15) is 0 Å². The van der Waals surface area contributed by atoms with E-state index in [-0.39, 0.29) is 30.4 Å². The number of ether oxygens (including phenoxy) is 1. The molecule has 0 bridgehead atoms. The fourth-order valence-electron chi connectivity index (χ4n) is 3.49. The van der Waals surface area contributed by atoms with Crippen molar-refractivity contribution in [2.45, 2.75) is 40.5 Å². The van der Waals surface area contributed by atoms with E-state index in [4.69, 9.17) is 4.74 Å². The van der Waals surface area contributed by atoms with E-state index in [9.17, 15) is 14.4 Å². The van der Waals surface area contributed by atoms with Gasteiger partial charge < -0.3 is 15.4 Å². The van der Waals surface area contributed by atoms with Crippen molar-refractivity contribution in [1.29, 1.82) is 0 Å². The lowest BCUT2D eigenvalue weighted by molar-refractivity contribution is -0.116. The standard InChI is InChI=1S/C26H28N2O4S/c1-5-32-26(31)22-18(4)23(24(30)27-20-13-11-16(2)15-17(20)3)33-25(22)28-21(29)14-12-19-9-7-6-8-10-19/h6-11,13,15H,5,12,14H2,1-4H3,(H,27,30)(H,28,29). The van der Waals surface area contributed by atoms with E-state index in [2.05, 4.69) is 10.6 Å². The Hall–Kier alpha value is -3.45. The van der Waals surface area contributed by atoms with Crippen LogP contribution in [0.4, 0.5) is 10.7 Å². The minimum absolute atomic E-state index is 0.194. The van der Waals surface area contributed by atoms with Crippen LogP contribution in [-0.4, -0.2) is 24.4 Å². The number of rotatable bonds is 8. The van der Waals surface area contributed by atoms with Gasteiger partial charge in [0.25, 0.3) is 5.91 Å². The molecule has 3 aromatic rings. The highest BCUT2D eigenvalue weighted by molar-refractivity contribution is 7.18. The Balaban J connectivity index is 1.83. The van der Waals surface area contributed by atoms with E-state index in [1.165, 1.54) is 0 Å². The summed E-state index contributed by atoms with van der Waals surface area (Å²) in [7, 11) is 0. The van der Waals surface area contributed by atoms with Gasteiger partial charge in [0.15, 0.2) is 0 Å². The van der Waals surface area contributed by atoms with Gasteiger partial charge in [0.05, 0.1) is 17.0 Å². The number of hydrogen-bond donors (Lipinski definition) is 2. The molecule has 0 atom stereocenters. The van der Waals surface area contributed by atoms with Crippen molar-refractivity contribution in [3.8, 4) is 0 Å². The predicted molar refractivity (Wildman–Crippen MR) is 132 cm³/mol. The Labute approximate surface area is 198 Å². The number of carbonyl (C=O) groups is 3. The summed E-state index contributed by atoms with van der Waals surface area (Å²) in [5.41, 5.74) is 4.50. The molecule has 2 amide bonds. The molecule has 33 heavy (non-hydrogen) atoms. The second-order valence-electron chi connectivity index (χ2n) is 7.79. The summed E-state index contributed by atoms with van der Waals surface area (Å²) >= 11 is 1.08. The maximum Gasteiger partial charge on any atom is 0.341 e. The van der Waals surface area contributed by atoms with Crippen LogP contribution < -0.4 is 10.6 Å². The molecule has 1 heterocycles. The van der Waals surface area contributed by atoms with Crippen LogP contribution in [0.2, 0.25) is 0 Å². The average molecular weight is 465 g/mol. The second kappa shape index (κ2) is 10.9. The fourth-order valence-corrected chi connectivity index (χ4v) is 4.60. The van der Waals surface area contributed by atoms with Gasteiger partial charge in [-0.05, 0) is 56.9 Å². The van der Waals surface area contributed by atoms with Crippen molar-refractivity contribution in [1.82, 2.24) is 0 Å².